The zero-order valence-corrected chi connectivity index (χ0v) is 16.1. The summed E-state index contributed by atoms with van der Waals surface area (Å²) >= 11 is 0. The predicted molar refractivity (Wildman–Crippen MR) is 109 cm³/mol. The van der Waals surface area contributed by atoms with Crippen molar-refractivity contribution >= 4 is 22.6 Å². The van der Waals surface area contributed by atoms with E-state index in [9.17, 15) is 13.6 Å². The number of fused-ring (bicyclic) bond motifs is 1. The molecule has 1 aliphatic rings. The summed E-state index contributed by atoms with van der Waals surface area (Å²) in [6, 6.07) is 16.7. The summed E-state index contributed by atoms with van der Waals surface area (Å²) in [5.74, 6) is -0.910. The molecule has 4 nitrogen and oxygen atoms in total. The Hall–Kier alpha value is -3.15. The van der Waals surface area contributed by atoms with Crippen LogP contribution in [0.25, 0.3) is 10.8 Å². The number of rotatable bonds is 3. The number of hydrogen-bond donors (Lipinski definition) is 0. The van der Waals surface area contributed by atoms with E-state index in [4.69, 9.17) is 4.74 Å². The van der Waals surface area contributed by atoms with Gasteiger partial charge in [-0.2, -0.15) is 0 Å². The molecule has 3 aromatic carbocycles. The molecule has 1 atom stereocenters. The van der Waals surface area contributed by atoms with Gasteiger partial charge in [0.2, 0.25) is 0 Å². The van der Waals surface area contributed by atoms with Gasteiger partial charge in [0.1, 0.15) is 18.2 Å². The third kappa shape index (κ3) is 4.01. The molecule has 0 N–H and O–H groups in total. The summed E-state index contributed by atoms with van der Waals surface area (Å²) in [6.07, 6.45) is -0.341. The smallest absolute Gasteiger partial charge is 0.410 e. The largest absolute Gasteiger partial charge is 0.445 e. The molecule has 6 heteroatoms. The van der Waals surface area contributed by atoms with Gasteiger partial charge in [-0.3, -0.25) is 0 Å². The molecule has 0 radical (unpaired) electrons. The number of carbonyl (C=O) groups is 1. The molecule has 29 heavy (non-hydrogen) atoms. The maximum atomic E-state index is 14.1. The third-order valence-corrected chi connectivity index (χ3v) is 5.31. The highest BCUT2D eigenvalue weighted by Gasteiger charge is 2.29. The van der Waals surface area contributed by atoms with E-state index >= 15 is 0 Å². The average molecular weight is 396 g/mol. The molecule has 0 saturated carbocycles. The van der Waals surface area contributed by atoms with Gasteiger partial charge in [-0.25, -0.2) is 13.6 Å². The molecule has 1 heterocycles. The molecule has 1 fully saturated rings. The Balaban J connectivity index is 1.46. The van der Waals surface area contributed by atoms with Gasteiger partial charge >= 0.3 is 6.09 Å². The third-order valence-electron chi connectivity index (χ3n) is 5.31. The highest BCUT2D eigenvalue weighted by molar-refractivity contribution is 5.95. The van der Waals surface area contributed by atoms with Gasteiger partial charge in [-0.05, 0) is 42.8 Å². The molecule has 0 unspecified atom stereocenters. The number of hydrogen-bond acceptors (Lipinski definition) is 3. The number of nitrogens with zero attached hydrogens (tertiary/aromatic N) is 2. The topological polar surface area (TPSA) is 32.8 Å². The van der Waals surface area contributed by atoms with Crippen molar-refractivity contribution in [2.24, 2.45) is 0 Å². The lowest BCUT2D eigenvalue weighted by atomic mass is 10.1. The summed E-state index contributed by atoms with van der Waals surface area (Å²) in [6.45, 7) is 3.86. The second-order valence-corrected chi connectivity index (χ2v) is 7.29. The fraction of sp³-hybridized carbons (Fsp3) is 0.261. The first-order valence-corrected chi connectivity index (χ1v) is 9.63. The molecule has 1 aliphatic heterocycles. The van der Waals surface area contributed by atoms with Crippen LogP contribution in [0.15, 0.2) is 60.7 Å². The summed E-state index contributed by atoms with van der Waals surface area (Å²) in [5, 5.41) is 0.929. The van der Waals surface area contributed by atoms with Crippen LogP contribution in [0.3, 0.4) is 0 Å². The van der Waals surface area contributed by atoms with Crippen molar-refractivity contribution in [3.05, 3.63) is 77.9 Å². The fourth-order valence-corrected chi connectivity index (χ4v) is 3.79. The van der Waals surface area contributed by atoms with Gasteiger partial charge in [0.25, 0.3) is 0 Å². The number of benzene rings is 3. The Bertz CT molecular complexity index is 1030. The van der Waals surface area contributed by atoms with E-state index in [1.54, 1.807) is 17.0 Å². The van der Waals surface area contributed by atoms with Crippen LogP contribution in [0.2, 0.25) is 0 Å². The van der Waals surface area contributed by atoms with Crippen LogP contribution in [0.5, 0.6) is 0 Å². The van der Waals surface area contributed by atoms with Gasteiger partial charge in [-0.1, -0.05) is 30.3 Å². The molecule has 0 aromatic heterocycles. The van der Waals surface area contributed by atoms with Crippen molar-refractivity contribution in [3.63, 3.8) is 0 Å². The fourth-order valence-electron chi connectivity index (χ4n) is 3.79. The van der Waals surface area contributed by atoms with Crippen LogP contribution in [0, 0.1) is 11.6 Å². The summed E-state index contributed by atoms with van der Waals surface area (Å²) in [4.78, 5) is 16.3. The van der Waals surface area contributed by atoms with Crippen molar-refractivity contribution in [2.75, 3.05) is 24.5 Å². The molecular weight excluding hydrogens is 374 g/mol. The maximum Gasteiger partial charge on any atom is 0.410 e. The lowest BCUT2D eigenvalue weighted by molar-refractivity contribution is 0.0795. The van der Waals surface area contributed by atoms with Crippen molar-refractivity contribution in [2.45, 2.75) is 19.6 Å². The van der Waals surface area contributed by atoms with E-state index in [0.717, 1.165) is 11.3 Å². The number of carbonyl (C=O) groups excluding carboxylic acids is 1. The Morgan fingerprint density at radius 1 is 1.03 bits per heavy atom. The summed E-state index contributed by atoms with van der Waals surface area (Å²) in [5.41, 5.74) is 1.78. The lowest BCUT2D eigenvalue weighted by Gasteiger charge is -2.40. The first-order chi connectivity index (χ1) is 14.0. The molecule has 1 saturated heterocycles. The van der Waals surface area contributed by atoms with Crippen molar-refractivity contribution in [1.82, 2.24) is 4.90 Å². The first kappa shape index (κ1) is 19.2. The van der Waals surface area contributed by atoms with Crippen molar-refractivity contribution in [1.29, 1.82) is 0 Å². The lowest BCUT2D eigenvalue weighted by Crippen LogP contribution is -2.54. The van der Waals surface area contributed by atoms with Gasteiger partial charge in [0, 0.05) is 42.1 Å². The van der Waals surface area contributed by atoms with Crippen LogP contribution in [-0.2, 0) is 11.3 Å². The molecule has 4 rings (SSSR count). The SMILES string of the molecule is C[C@@H]1CN(c2ccc(F)c3cc(F)ccc23)CCN1C(=O)OCc1ccccc1. The van der Waals surface area contributed by atoms with Crippen LogP contribution >= 0.6 is 0 Å². The minimum atomic E-state index is -0.465. The van der Waals surface area contributed by atoms with E-state index < -0.39 is 11.6 Å². The minimum Gasteiger partial charge on any atom is -0.445 e. The molecule has 3 aromatic rings. The normalized spacial score (nSPS) is 16.9. The van der Waals surface area contributed by atoms with E-state index in [1.807, 2.05) is 37.3 Å². The number of amides is 1. The van der Waals surface area contributed by atoms with E-state index in [-0.39, 0.29) is 24.1 Å². The van der Waals surface area contributed by atoms with Crippen molar-refractivity contribution in [3.8, 4) is 0 Å². The average Bonchev–Trinajstić information content (AvgIpc) is 2.73. The van der Waals surface area contributed by atoms with Crippen molar-refractivity contribution < 1.29 is 18.3 Å². The minimum absolute atomic E-state index is 0.0763. The summed E-state index contributed by atoms with van der Waals surface area (Å²) < 4.78 is 33.1. The highest BCUT2D eigenvalue weighted by atomic mass is 19.1. The first-order valence-electron chi connectivity index (χ1n) is 9.63. The quantitative estimate of drug-likeness (QED) is 0.627. The summed E-state index contributed by atoms with van der Waals surface area (Å²) in [7, 11) is 0. The van der Waals surface area contributed by atoms with Crippen LogP contribution in [0.1, 0.15) is 12.5 Å². The van der Waals surface area contributed by atoms with Gasteiger partial charge in [0.05, 0.1) is 0 Å². The number of anilines is 1. The maximum absolute atomic E-state index is 14.1. The Morgan fingerprint density at radius 3 is 2.59 bits per heavy atom. The second kappa shape index (κ2) is 8.07. The van der Waals surface area contributed by atoms with E-state index in [2.05, 4.69) is 4.90 Å². The zero-order valence-electron chi connectivity index (χ0n) is 16.1. The molecule has 150 valence electrons. The van der Waals surface area contributed by atoms with Crippen LogP contribution in [0.4, 0.5) is 19.3 Å². The van der Waals surface area contributed by atoms with Gasteiger partial charge < -0.3 is 14.5 Å². The zero-order chi connectivity index (χ0) is 20.4. The molecular formula is C23H22F2N2O2. The van der Waals surface area contributed by atoms with E-state index in [0.29, 0.717) is 25.0 Å². The van der Waals surface area contributed by atoms with Crippen LogP contribution < -0.4 is 4.90 Å². The predicted octanol–water partition coefficient (Wildman–Crippen LogP) is 4.97. The molecule has 0 aliphatic carbocycles. The number of ether oxygens (including phenoxy) is 1. The molecule has 1 amide bonds. The number of halogens is 2. The van der Waals surface area contributed by atoms with Crippen LogP contribution in [-0.4, -0.2) is 36.7 Å². The second-order valence-electron chi connectivity index (χ2n) is 7.29. The van der Waals surface area contributed by atoms with Gasteiger partial charge in [-0.15, -0.1) is 0 Å². The molecule has 0 spiro atoms. The Morgan fingerprint density at radius 2 is 1.83 bits per heavy atom. The Kier molecular flexibility index (Phi) is 5.34. The number of piperazine rings is 1. The monoisotopic (exact) mass is 396 g/mol. The Labute approximate surface area is 168 Å². The van der Waals surface area contributed by atoms with E-state index in [1.165, 1.54) is 18.2 Å². The highest BCUT2D eigenvalue weighted by Crippen LogP contribution is 2.31. The standard InChI is InChI=1S/C23H22F2N2O2/c1-16-14-26(22-10-9-21(25)20-13-18(24)7-8-19(20)22)11-12-27(16)23(28)29-15-17-5-3-2-4-6-17/h2-10,13,16H,11-12,14-15H2,1H3/t16-/m1/s1. The molecule has 0 bridgehead atoms. The van der Waals surface area contributed by atoms with Gasteiger partial charge in [0.15, 0.2) is 0 Å².